The van der Waals surface area contributed by atoms with Crippen molar-refractivity contribution in [2.24, 2.45) is 5.41 Å². The summed E-state index contributed by atoms with van der Waals surface area (Å²) in [5.74, 6) is -4.75. The third-order valence-electron chi connectivity index (χ3n) is 3.45. The molecule has 0 radical (unpaired) electrons. The standard InChI is InChI=1S/C11H13F5/c1-6-5-9(4,8(3)7(6)2)10(12,13)11(14,15)16/h5H,1-4H3. The van der Waals surface area contributed by atoms with Gasteiger partial charge in [0.25, 0.3) is 0 Å². The summed E-state index contributed by atoms with van der Waals surface area (Å²) in [6, 6.07) is 0. The van der Waals surface area contributed by atoms with Crippen LogP contribution in [0.2, 0.25) is 0 Å². The molecule has 0 bridgehead atoms. The number of halogens is 5. The highest BCUT2D eigenvalue weighted by Crippen LogP contribution is 2.56. The van der Waals surface area contributed by atoms with Crippen LogP contribution >= 0.6 is 0 Å². The van der Waals surface area contributed by atoms with Crippen LogP contribution in [-0.4, -0.2) is 12.1 Å². The Kier molecular flexibility index (Phi) is 2.73. The smallest absolute Gasteiger partial charge is 0.195 e. The van der Waals surface area contributed by atoms with E-state index >= 15 is 0 Å². The highest BCUT2D eigenvalue weighted by Gasteiger charge is 2.68. The topological polar surface area (TPSA) is 0 Å². The number of allylic oxidation sites excluding steroid dienone is 4. The molecule has 0 heterocycles. The van der Waals surface area contributed by atoms with E-state index in [4.69, 9.17) is 0 Å². The molecule has 0 nitrogen and oxygen atoms in total. The molecule has 0 aromatic rings. The van der Waals surface area contributed by atoms with Gasteiger partial charge in [0, 0.05) is 0 Å². The zero-order chi connectivity index (χ0) is 12.9. The second-order valence-corrected chi connectivity index (χ2v) is 4.35. The molecular formula is C11H13F5. The van der Waals surface area contributed by atoms with Gasteiger partial charge < -0.3 is 0 Å². The zero-order valence-corrected chi connectivity index (χ0v) is 9.47. The highest BCUT2D eigenvalue weighted by molar-refractivity contribution is 5.47. The third kappa shape index (κ3) is 1.48. The fourth-order valence-corrected chi connectivity index (χ4v) is 1.96. The number of rotatable bonds is 1. The van der Waals surface area contributed by atoms with Crippen molar-refractivity contribution in [1.29, 1.82) is 0 Å². The average molecular weight is 240 g/mol. The molecule has 1 unspecified atom stereocenters. The molecule has 0 N–H and O–H groups in total. The van der Waals surface area contributed by atoms with Crippen molar-refractivity contribution in [2.45, 2.75) is 39.8 Å². The molecule has 1 aliphatic rings. The Balaban J connectivity index is 3.36. The molecule has 5 heteroatoms. The van der Waals surface area contributed by atoms with Crippen molar-refractivity contribution in [3.63, 3.8) is 0 Å². The van der Waals surface area contributed by atoms with Gasteiger partial charge in [-0.15, -0.1) is 0 Å². The second kappa shape index (κ2) is 3.31. The largest absolute Gasteiger partial charge is 0.454 e. The van der Waals surface area contributed by atoms with E-state index in [0.717, 1.165) is 13.0 Å². The van der Waals surface area contributed by atoms with Crippen LogP contribution in [0.15, 0.2) is 22.8 Å². The van der Waals surface area contributed by atoms with Gasteiger partial charge in [-0.3, -0.25) is 0 Å². The summed E-state index contributed by atoms with van der Waals surface area (Å²) >= 11 is 0. The Morgan fingerprint density at radius 2 is 1.44 bits per heavy atom. The van der Waals surface area contributed by atoms with Crippen LogP contribution in [-0.2, 0) is 0 Å². The lowest BCUT2D eigenvalue weighted by molar-refractivity contribution is -0.309. The van der Waals surface area contributed by atoms with E-state index in [2.05, 4.69) is 0 Å². The average Bonchev–Trinajstić information content (AvgIpc) is 2.30. The number of alkyl halides is 5. The summed E-state index contributed by atoms with van der Waals surface area (Å²) in [4.78, 5) is 0. The Labute approximate surface area is 90.8 Å². The third-order valence-corrected chi connectivity index (χ3v) is 3.45. The zero-order valence-electron chi connectivity index (χ0n) is 9.47. The van der Waals surface area contributed by atoms with Crippen molar-refractivity contribution in [3.8, 4) is 0 Å². The first-order chi connectivity index (χ1) is 6.95. The van der Waals surface area contributed by atoms with E-state index in [9.17, 15) is 22.0 Å². The summed E-state index contributed by atoms with van der Waals surface area (Å²) in [5.41, 5.74) is -1.21. The molecule has 1 atom stereocenters. The maximum Gasteiger partial charge on any atom is 0.454 e. The first kappa shape index (κ1) is 13.2. The van der Waals surface area contributed by atoms with E-state index in [1.54, 1.807) is 6.92 Å². The van der Waals surface area contributed by atoms with E-state index in [0.29, 0.717) is 11.1 Å². The van der Waals surface area contributed by atoms with E-state index in [1.807, 2.05) is 0 Å². The summed E-state index contributed by atoms with van der Waals surface area (Å²) in [6.07, 6.45) is -4.53. The van der Waals surface area contributed by atoms with Crippen molar-refractivity contribution >= 4 is 0 Å². The minimum atomic E-state index is -5.54. The molecule has 0 aromatic carbocycles. The lowest BCUT2D eigenvalue weighted by atomic mass is 9.78. The van der Waals surface area contributed by atoms with Gasteiger partial charge >= 0.3 is 12.1 Å². The first-order valence-electron chi connectivity index (χ1n) is 4.77. The summed E-state index contributed by atoms with van der Waals surface area (Å²) in [5, 5.41) is 0. The Bertz CT molecular complexity index is 372. The lowest BCUT2D eigenvalue weighted by Crippen LogP contribution is -2.49. The molecule has 0 fully saturated rings. The van der Waals surface area contributed by atoms with Crippen LogP contribution in [0, 0.1) is 5.41 Å². The molecule has 16 heavy (non-hydrogen) atoms. The lowest BCUT2D eigenvalue weighted by Gasteiger charge is -2.35. The van der Waals surface area contributed by atoms with E-state index < -0.39 is 17.5 Å². The van der Waals surface area contributed by atoms with Crippen LogP contribution in [0.25, 0.3) is 0 Å². The van der Waals surface area contributed by atoms with Crippen molar-refractivity contribution in [3.05, 3.63) is 22.8 Å². The molecule has 0 saturated heterocycles. The predicted octanol–water partition coefficient (Wildman–Crippen LogP) is 4.49. The van der Waals surface area contributed by atoms with Crippen LogP contribution < -0.4 is 0 Å². The maximum atomic E-state index is 13.4. The fraction of sp³-hybridized carbons (Fsp3) is 0.636. The molecular weight excluding hydrogens is 227 g/mol. The molecule has 92 valence electrons. The monoisotopic (exact) mass is 240 g/mol. The Hall–Kier alpha value is -0.870. The van der Waals surface area contributed by atoms with Crippen molar-refractivity contribution in [2.75, 3.05) is 0 Å². The van der Waals surface area contributed by atoms with Gasteiger partial charge in [-0.1, -0.05) is 17.2 Å². The SMILES string of the molecule is CC1=CC(C)(C(F)(F)C(F)(F)F)C(C)=C1C. The molecule has 0 aliphatic heterocycles. The summed E-state index contributed by atoms with van der Waals surface area (Å²) in [6.45, 7) is 5.34. The van der Waals surface area contributed by atoms with Gasteiger partial charge in [0.2, 0.25) is 0 Å². The van der Waals surface area contributed by atoms with E-state index in [1.165, 1.54) is 13.8 Å². The minimum absolute atomic E-state index is 0.0762. The van der Waals surface area contributed by atoms with Gasteiger partial charge in [-0.05, 0) is 33.3 Å². The quantitative estimate of drug-likeness (QED) is 0.592. The van der Waals surface area contributed by atoms with E-state index in [-0.39, 0.29) is 5.57 Å². The first-order valence-corrected chi connectivity index (χ1v) is 4.77. The van der Waals surface area contributed by atoms with Crippen LogP contribution in [0.3, 0.4) is 0 Å². The van der Waals surface area contributed by atoms with Gasteiger partial charge in [0.05, 0.1) is 5.41 Å². The highest BCUT2D eigenvalue weighted by atomic mass is 19.4. The van der Waals surface area contributed by atoms with Crippen molar-refractivity contribution in [1.82, 2.24) is 0 Å². The van der Waals surface area contributed by atoms with Gasteiger partial charge in [0.15, 0.2) is 0 Å². The molecule has 0 spiro atoms. The fourth-order valence-electron chi connectivity index (χ4n) is 1.96. The van der Waals surface area contributed by atoms with Gasteiger partial charge in [-0.25, -0.2) is 0 Å². The normalized spacial score (nSPS) is 27.4. The van der Waals surface area contributed by atoms with Crippen LogP contribution in [0.5, 0.6) is 0 Å². The Morgan fingerprint density at radius 1 is 1.00 bits per heavy atom. The van der Waals surface area contributed by atoms with Gasteiger partial charge in [0.1, 0.15) is 0 Å². The van der Waals surface area contributed by atoms with Gasteiger partial charge in [-0.2, -0.15) is 22.0 Å². The van der Waals surface area contributed by atoms with Crippen molar-refractivity contribution < 1.29 is 22.0 Å². The molecule has 1 aliphatic carbocycles. The Morgan fingerprint density at radius 3 is 1.69 bits per heavy atom. The number of hydrogen-bond acceptors (Lipinski definition) is 0. The second-order valence-electron chi connectivity index (χ2n) is 4.35. The summed E-state index contributed by atoms with van der Waals surface area (Å²) < 4.78 is 63.9. The molecule has 0 amide bonds. The van der Waals surface area contributed by atoms with Crippen LogP contribution in [0.1, 0.15) is 27.7 Å². The molecule has 0 aromatic heterocycles. The predicted molar refractivity (Wildman–Crippen MR) is 51.2 cm³/mol. The summed E-state index contributed by atoms with van der Waals surface area (Å²) in [7, 11) is 0. The number of hydrogen-bond donors (Lipinski definition) is 0. The van der Waals surface area contributed by atoms with Crippen LogP contribution in [0.4, 0.5) is 22.0 Å². The molecule has 0 saturated carbocycles. The minimum Gasteiger partial charge on any atom is -0.195 e. The maximum absolute atomic E-state index is 13.4. The molecule has 1 rings (SSSR count).